The van der Waals surface area contributed by atoms with Crippen LogP contribution in [0, 0.1) is 5.92 Å². The van der Waals surface area contributed by atoms with Crippen molar-refractivity contribution in [3.05, 3.63) is 40.8 Å². The first kappa shape index (κ1) is 14.8. The minimum atomic E-state index is 0.0708. The van der Waals surface area contributed by atoms with Crippen molar-refractivity contribution in [1.82, 2.24) is 5.32 Å². The SMILES string of the molecule is CC1CCC(NC(=O)c2cc3c(s2)-c2ccccc2OC3)CC1. The molecule has 0 unspecified atom stereocenters. The number of benzene rings is 1. The van der Waals surface area contributed by atoms with Crippen LogP contribution in [0.5, 0.6) is 5.75 Å². The average molecular weight is 327 g/mol. The van der Waals surface area contributed by atoms with Gasteiger partial charge in [-0.15, -0.1) is 11.3 Å². The molecule has 1 aromatic heterocycles. The Balaban J connectivity index is 1.53. The highest BCUT2D eigenvalue weighted by atomic mass is 32.1. The highest BCUT2D eigenvalue weighted by molar-refractivity contribution is 7.17. The summed E-state index contributed by atoms with van der Waals surface area (Å²) in [4.78, 5) is 14.6. The van der Waals surface area contributed by atoms with Crippen molar-refractivity contribution in [1.29, 1.82) is 0 Å². The van der Waals surface area contributed by atoms with Gasteiger partial charge in [0.25, 0.3) is 5.91 Å². The maximum absolute atomic E-state index is 12.6. The predicted octanol–water partition coefficient (Wildman–Crippen LogP) is 4.62. The molecule has 1 N–H and O–H groups in total. The van der Waals surface area contributed by atoms with Crippen molar-refractivity contribution in [3.8, 4) is 16.2 Å². The lowest BCUT2D eigenvalue weighted by Crippen LogP contribution is -2.36. The molecule has 0 saturated heterocycles. The Labute approximate surface area is 140 Å². The number of ether oxygens (including phenoxy) is 1. The van der Waals surface area contributed by atoms with E-state index < -0.39 is 0 Å². The van der Waals surface area contributed by atoms with Crippen LogP contribution in [0.4, 0.5) is 0 Å². The number of hydrogen-bond donors (Lipinski definition) is 1. The van der Waals surface area contributed by atoms with Gasteiger partial charge in [0.15, 0.2) is 0 Å². The van der Waals surface area contributed by atoms with Gasteiger partial charge in [-0.1, -0.05) is 19.1 Å². The van der Waals surface area contributed by atoms with Crippen LogP contribution in [0.25, 0.3) is 10.4 Å². The number of rotatable bonds is 2. The van der Waals surface area contributed by atoms with Gasteiger partial charge in [-0.2, -0.15) is 0 Å². The van der Waals surface area contributed by atoms with Gasteiger partial charge in [0.2, 0.25) is 0 Å². The lowest BCUT2D eigenvalue weighted by Gasteiger charge is -2.26. The molecular weight excluding hydrogens is 306 g/mol. The van der Waals surface area contributed by atoms with Crippen LogP contribution in [0.1, 0.15) is 47.8 Å². The Hall–Kier alpha value is -1.81. The summed E-state index contributed by atoms with van der Waals surface area (Å²) in [5.74, 6) is 1.78. The second-order valence-corrected chi connectivity index (χ2v) is 7.73. The van der Waals surface area contributed by atoms with E-state index in [0.717, 1.165) is 40.5 Å². The Morgan fingerprint density at radius 2 is 2.00 bits per heavy atom. The fourth-order valence-electron chi connectivity index (χ4n) is 3.47. The van der Waals surface area contributed by atoms with Crippen LogP contribution >= 0.6 is 11.3 Å². The molecule has 0 bridgehead atoms. The minimum absolute atomic E-state index is 0.0708. The van der Waals surface area contributed by atoms with E-state index in [1.165, 1.54) is 17.7 Å². The van der Waals surface area contributed by atoms with Crippen molar-refractivity contribution >= 4 is 17.2 Å². The monoisotopic (exact) mass is 327 g/mol. The predicted molar refractivity (Wildman–Crippen MR) is 93.0 cm³/mol. The lowest BCUT2D eigenvalue weighted by molar-refractivity contribution is 0.0927. The number of nitrogens with one attached hydrogen (secondary N) is 1. The minimum Gasteiger partial charge on any atom is -0.488 e. The summed E-state index contributed by atoms with van der Waals surface area (Å²) in [7, 11) is 0. The zero-order valence-electron chi connectivity index (χ0n) is 13.3. The second-order valence-electron chi connectivity index (χ2n) is 6.68. The molecule has 1 fully saturated rings. The Bertz CT molecular complexity index is 729. The van der Waals surface area contributed by atoms with E-state index >= 15 is 0 Å². The molecule has 4 heteroatoms. The summed E-state index contributed by atoms with van der Waals surface area (Å²) in [6.45, 7) is 2.85. The van der Waals surface area contributed by atoms with E-state index in [9.17, 15) is 4.79 Å². The molecule has 0 atom stereocenters. The molecular formula is C19H21NO2S. The van der Waals surface area contributed by atoms with E-state index in [1.807, 2.05) is 24.3 Å². The first-order chi connectivity index (χ1) is 11.2. The fraction of sp³-hybridized carbons (Fsp3) is 0.421. The van der Waals surface area contributed by atoms with Crippen molar-refractivity contribution in [2.75, 3.05) is 0 Å². The molecule has 2 aliphatic rings. The third-order valence-electron chi connectivity index (χ3n) is 4.90. The van der Waals surface area contributed by atoms with Gasteiger partial charge in [0.1, 0.15) is 12.4 Å². The first-order valence-electron chi connectivity index (χ1n) is 8.36. The average Bonchev–Trinajstić information content (AvgIpc) is 3.02. The van der Waals surface area contributed by atoms with E-state index in [1.54, 1.807) is 11.3 Å². The summed E-state index contributed by atoms with van der Waals surface area (Å²) in [6, 6.07) is 10.4. The molecule has 0 spiro atoms. The van der Waals surface area contributed by atoms with Gasteiger partial charge in [0, 0.05) is 22.0 Å². The Kier molecular flexibility index (Phi) is 3.85. The van der Waals surface area contributed by atoms with Crippen LogP contribution in [-0.2, 0) is 6.61 Å². The molecule has 3 nitrogen and oxygen atoms in total. The van der Waals surface area contributed by atoms with Crippen LogP contribution in [-0.4, -0.2) is 11.9 Å². The zero-order valence-corrected chi connectivity index (χ0v) is 14.1. The van der Waals surface area contributed by atoms with Crippen LogP contribution in [0.2, 0.25) is 0 Å². The number of carbonyl (C=O) groups excluding carboxylic acids is 1. The molecule has 2 aromatic rings. The number of thiophene rings is 1. The third kappa shape index (κ3) is 2.88. The fourth-order valence-corrected chi connectivity index (χ4v) is 4.57. The Morgan fingerprint density at radius 1 is 1.22 bits per heavy atom. The van der Waals surface area contributed by atoms with E-state index in [4.69, 9.17) is 4.74 Å². The first-order valence-corrected chi connectivity index (χ1v) is 9.18. The van der Waals surface area contributed by atoms with E-state index in [0.29, 0.717) is 12.6 Å². The standard InChI is InChI=1S/C19H21NO2S/c1-12-6-8-14(9-7-12)20-19(21)17-10-13-11-22-16-5-3-2-4-15(16)18(13)23-17/h2-5,10,12,14H,6-9,11H2,1H3,(H,20,21). The van der Waals surface area contributed by atoms with Crippen molar-refractivity contribution < 1.29 is 9.53 Å². The van der Waals surface area contributed by atoms with Crippen molar-refractivity contribution in [2.45, 2.75) is 45.3 Å². The van der Waals surface area contributed by atoms with Crippen LogP contribution in [0.15, 0.2) is 30.3 Å². The highest BCUT2D eigenvalue weighted by Crippen LogP contribution is 2.42. The van der Waals surface area contributed by atoms with Gasteiger partial charge >= 0.3 is 0 Å². The lowest BCUT2D eigenvalue weighted by atomic mass is 9.87. The molecule has 4 rings (SSSR count). The number of hydrogen-bond acceptors (Lipinski definition) is 3. The van der Waals surface area contributed by atoms with Crippen molar-refractivity contribution in [2.24, 2.45) is 5.92 Å². The quantitative estimate of drug-likeness (QED) is 0.874. The second kappa shape index (κ2) is 6.00. The topological polar surface area (TPSA) is 38.3 Å². The van der Waals surface area contributed by atoms with Crippen molar-refractivity contribution in [3.63, 3.8) is 0 Å². The third-order valence-corrected chi connectivity index (χ3v) is 6.11. The summed E-state index contributed by atoms with van der Waals surface area (Å²) in [5.41, 5.74) is 2.22. The summed E-state index contributed by atoms with van der Waals surface area (Å²) >= 11 is 1.58. The molecule has 1 saturated carbocycles. The normalized spacial score (nSPS) is 22.7. The van der Waals surface area contributed by atoms with E-state index in [-0.39, 0.29) is 5.91 Å². The molecule has 0 radical (unpaired) electrons. The highest BCUT2D eigenvalue weighted by Gasteiger charge is 2.24. The van der Waals surface area contributed by atoms with Crippen LogP contribution in [0.3, 0.4) is 0 Å². The molecule has 23 heavy (non-hydrogen) atoms. The Morgan fingerprint density at radius 3 is 2.83 bits per heavy atom. The summed E-state index contributed by atoms with van der Waals surface area (Å²) in [5, 5.41) is 3.22. The number of carbonyl (C=O) groups is 1. The smallest absolute Gasteiger partial charge is 0.261 e. The van der Waals surface area contributed by atoms with Gasteiger partial charge in [0.05, 0.1) is 4.88 Å². The molecule has 1 aliphatic carbocycles. The van der Waals surface area contributed by atoms with Crippen LogP contribution < -0.4 is 10.1 Å². The largest absolute Gasteiger partial charge is 0.488 e. The van der Waals surface area contributed by atoms with Gasteiger partial charge < -0.3 is 10.1 Å². The van der Waals surface area contributed by atoms with Gasteiger partial charge in [-0.3, -0.25) is 4.79 Å². The van der Waals surface area contributed by atoms with E-state index in [2.05, 4.69) is 18.3 Å². The molecule has 1 aromatic carbocycles. The molecule has 120 valence electrons. The molecule has 1 aliphatic heterocycles. The molecule has 2 heterocycles. The molecule has 1 amide bonds. The summed E-state index contributed by atoms with van der Waals surface area (Å²) in [6.07, 6.45) is 4.63. The number of amides is 1. The summed E-state index contributed by atoms with van der Waals surface area (Å²) < 4.78 is 5.78. The van der Waals surface area contributed by atoms with Gasteiger partial charge in [-0.25, -0.2) is 0 Å². The maximum Gasteiger partial charge on any atom is 0.261 e. The van der Waals surface area contributed by atoms with Gasteiger partial charge in [-0.05, 0) is 49.8 Å². The number of para-hydroxylation sites is 1. The zero-order chi connectivity index (χ0) is 15.8. The number of fused-ring (bicyclic) bond motifs is 3. The maximum atomic E-state index is 12.6.